The van der Waals surface area contributed by atoms with Crippen molar-refractivity contribution in [2.45, 2.75) is 52.5 Å². The van der Waals surface area contributed by atoms with Crippen LogP contribution in [0.15, 0.2) is 24.3 Å². The van der Waals surface area contributed by atoms with Crippen molar-refractivity contribution >= 4 is 11.7 Å². The molecule has 116 valence electrons. The van der Waals surface area contributed by atoms with E-state index in [1.54, 1.807) is 6.07 Å². The Morgan fingerprint density at radius 1 is 1.19 bits per heavy atom. The van der Waals surface area contributed by atoms with Crippen LogP contribution in [0.2, 0.25) is 0 Å². The van der Waals surface area contributed by atoms with Crippen LogP contribution in [0, 0.1) is 11.3 Å². The maximum atomic E-state index is 11.6. The molecule has 3 heteroatoms. The second kappa shape index (κ2) is 6.50. The summed E-state index contributed by atoms with van der Waals surface area (Å²) in [6, 6.07) is 8.09. The number of carbonyl (C=O) groups is 1. The Kier molecular flexibility index (Phi) is 4.92. The van der Waals surface area contributed by atoms with Crippen molar-refractivity contribution in [2.75, 3.05) is 12.4 Å². The molecule has 0 amide bonds. The Hall–Kier alpha value is -1.51. The molecule has 1 fully saturated rings. The van der Waals surface area contributed by atoms with E-state index in [9.17, 15) is 4.79 Å². The first-order valence-corrected chi connectivity index (χ1v) is 7.85. The lowest BCUT2D eigenvalue weighted by molar-refractivity contribution is 0.0601. The van der Waals surface area contributed by atoms with Gasteiger partial charge in [0.2, 0.25) is 0 Å². The van der Waals surface area contributed by atoms with Crippen molar-refractivity contribution in [3.8, 4) is 0 Å². The number of methoxy groups -OCH3 is 1. The molecule has 1 aliphatic rings. The Morgan fingerprint density at radius 3 is 2.43 bits per heavy atom. The minimum Gasteiger partial charge on any atom is -0.465 e. The minimum atomic E-state index is -0.282. The summed E-state index contributed by atoms with van der Waals surface area (Å²) in [5.41, 5.74) is 2.03. The van der Waals surface area contributed by atoms with E-state index >= 15 is 0 Å². The highest BCUT2D eigenvalue weighted by molar-refractivity contribution is 5.90. The van der Waals surface area contributed by atoms with Crippen LogP contribution in [0.4, 0.5) is 5.69 Å². The molecule has 1 saturated carbocycles. The molecule has 21 heavy (non-hydrogen) atoms. The lowest BCUT2D eigenvalue weighted by Gasteiger charge is -2.37. The van der Waals surface area contributed by atoms with Crippen molar-refractivity contribution in [3.05, 3.63) is 29.8 Å². The standard InChI is InChI=1S/C18H27NO2/c1-18(2,3)14-8-10-15(11-9-14)19-16-7-5-6-13(12-16)17(20)21-4/h5-7,12,14-15,19H,8-11H2,1-4H3. The van der Waals surface area contributed by atoms with Crippen LogP contribution in [0.5, 0.6) is 0 Å². The summed E-state index contributed by atoms with van der Waals surface area (Å²) >= 11 is 0. The van der Waals surface area contributed by atoms with Gasteiger partial charge >= 0.3 is 5.97 Å². The smallest absolute Gasteiger partial charge is 0.337 e. The summed E-state index contributed by atoms with van der Waals surface area (Å²) in [4.78, 5) is 11.6. The first-order chi connectivity index (χ1) is 9.90. The Labute approximate surface area is 128 Å². The van der Waals surface area contributed by atoms with Crippen molar-refractivity contribution in [1.82, 2.24) is 0 Å². The predicted molar refractivity (Wildman–Crippen MR) is 86.6 cm³/mol. The number of ether oxygens (including phenoxy) is 1. The summed E-state index contributed by atoms with van der Waals surface area (Å²) in [6.45, 7) is 7.02. The van der Waals surface area contributed by atoms with Crippen LogP contribution in [0.25, 0.3) is 0 Å². The van der Waals surface area contributed by atoms with Crippen LogP contribution in [-0.2, 0) is 4.74 Å². The molecule has 3 nitrogen and oxygen atoms in total. The van der Waals surface area contributed by atoms with Gasteiger partial charge in [-0.1, -0.05) is 26.8 Å². The first-order valence-electron chi connectivity index (χ1n) is 7.85. The van der Waals surface area contributed by atoms with Gasteiger partial charge in [-0.05, 0) is 55.2 Å². The highest BCUT2D eigenvalue weighted by Gasteiger charge is 2.29. The molecule has 1 N–H and O–H groups in total. The Balaban J connectivity index is 1.93. The summed E-state index contributed by atoms with van der Waals surface area (Å²) in [6.07, 6.45) is 4.95. The summed E-state index contributed by atoms with van der Waals surface area (Å²) < 4.78 is 4.77. The van der Waals surface area contributed by atoms with Gasteiger partial charge in [-0.3, -0.25) is 0 Å². The van der Waals surface area contributed by atoms with Crippen molar-refractivity contribution in [2.24, 2.45) is 11.3 Å². The van der Waals surface area contributed by atoms with Gasteiger partial charge in [-0.15, -0.1) is 0 Å². The second-order valence-electron chi connectivity index (χ2n) is 7.13. The summed E-state index contributed by atoms with van der Waals surface area (Å²) in [5, 5.41) is 3.56. The number of benzene rings is 1. The van der Waals surface area contributed by atoms with Crippen molar-refractivity contribution in [3.63, 3.8) is 0 Å². The highest BCUT2D eigenvalue weighted by Crippen LogP contribution is 2.38. The molecule has 0 atom stereocenters. The van der Waals surface area contributed by atoms with E-state index in [-0.39, 0.29) is 5.97 Å². The fourth-order valence-corrected chi connectivity index (χ4v) is 3.19. The van der Waals surface area contributed by atoms with Gasteiger partial charge in [-0.25, -0.2) is 4.79 Å². The number of rotatable bonds is 3. The average molecular weight is 289 g/mol. The Morgan fingerprint density at radius 2 is 1.86 bits per heavy atom. The van der Waals surface area contributed by atoms with Crippen molar-refractivity contribution < 1.29 is 9.53 Å². The van der Waals surface area contributed by atoms with Crippen LogP contribution in [0.1, 0.15) is 56.8 Å². The fourth-order valence-electron chi connectivity index (χ4n) is 3.19. The lowest BCUT2D eigenvalue weighted by Crippen LogP contribution is -2.31. The number of hydrogen-bond acceptors (Lipinski definition) is 3. The van der Waals surface area contributed by atoms with Gasteiger partial charge in [0.25, 0.3) is 0 Å². The number of esters is 1. The largest absolute Gasteiger partial charge is 0.465 e. The van der Waals surface area contributed by atoms with Crippen molar-refractivity contribution in [1.29, 1.82) is 0 Å². The second-order valence-corrected chi connectivity index (χ2v) is 7.13. The van der Waals surface area contributed by atoms with E-state index in [0.717, 1.165) is 11.6 Å². The van der Waals surface area contributed by atoms with Crippen LogP contribution in [0.3, 0.4) is 0 Å². The average Bonchev–Trinajstić information content (AvgIpc) is 2.46. The zero-order valence-corrected chi connectivity index (χ0v) is 13.6. The van der Waals surface area contributed by atoms with Gasteiger partial charge in [0.05, 0.1) is 12.7 Å². The summed E-state index contributed by atoms with van der Waals surface area (Å²) in [7, 11) is 1.41. The van der Waals surface area contributed by atoms with Gasteiger partial charge < -0.3 is 10.1 Å². The molecule has 0 radical (unpaired) electrons. The highest BCUT2D eigenvalue weighted by atomic mass is 16.5. The molecule has 2 rings (SSSR count). The SMILES string of the molecule is COC(=O)c1cccc(NC2CCC(C(C)(C)C)CC2)c1. The predicted octanol–water partition coefficient (Wildman–Crippen LogP) is 4.49. The number of hydrogen-bond donors (Lipinski definition) is 1. The fraction of sp³-hybridized carbons (Fsp3) is 0.611. The van der Waals surface area contributed by atoms with Gasteiger partial charge in [-0.2, -0.15) is 0 Å². The first kappa shape index (κ1) is 15.9. The minimum absolute atomic E-state index is 0.282. The molecule has 0 aromatic heterocycles. The molecule has 1 aromatic carbocycles. The van der Waals surface area contributed by atoms with E-state index in [2.05, 4.69) is 26.1 Å². The van der Waals surface area contributed by atoms with E-state index in [1.807, 2.05) is 18.2 Å². The molecule has 1 aromatic rings. The monoisotopic (exact) mass is 289 g/mol. The maximum absolute atomic E-state index is 11.6. The third kappa shape index (κ3) is 4.23. The number of anilines is 1. The van der Waals surface area contributed by atoms with Gasteiger partial charge in [0, 0.05) is 11.7 Å². The molecule has 1 aliphatic carbocycles. The molecule has 0 heterocycles. The quantitative estimate of drug-likeness (QED) is 0.833. The Bertz CT molecular complexity index is 482. The topological polar surface area (TPSA) is 38.3 Å². The third-order valence-corrected chi connectivity index (χ3v) is 4.61. The molecule has 0 spiro atoms. The van der Waals surface area contributed by atoms with E-state index in [0.29, 0.717) is 17.0 Å². The van der Waals surface area contributed by atoms with Gasteiger partial charge in [0.1, 0.15) is 0 Å². The van der Waals surface area contributed by atoms with E-state index < -0.39 is 0 Å². The molecular weight excluding hydrogens is 262 g/mol. The molecule has 0 aliphatic heterocycles. The molecule has 0 saturated heterocycles. The third-order valence-electron chi connectivity index (χ3n) is 4.61. The zero-order chi connectivity index (χ0) is 15.5. The number of nitrogens with one attached hydrogen (secondary N) is 1. The van der Waals surface area contributed by atoms with Crippen LogP contribution < -0.4 is 5.32 Å². The number of carbonyl (C=O) groups excluding carboxylic acids is 1. The molecule has 0 bridgehead atoms. The van der Waals surface area contributed by atoms with Crippen LogP contribution >= 0.6 is 0 Å². The maximum Gasteiger partial charge on any atom is 0.337 e. The normalized spacial score (nSPS) is 22.7. The van der Waals surface area contributed by atoms with Gasteiger partial charge in [0.15, 0.2) is 0 Å². The lowest BCUT2D eigenvalue weighted by atomic mass is 9.71. The molecule has 0 unspecified atom stereocenters. The van der Waals surface area contributed by atoms with E-state index in [4.69, 9.17) is 4.74 Å². The van der Waals surface area contributed by atoms with E-state index in [1.165, 1.54) is 32.8 Å². The zero-order valence-electron chi connectivity index (χ0n) is 13.6. The van der Waals surface area contributed by atoms with Crippen LogP contribution in [-0.4, -0.2) is 19.1 Å². The summed E-state index contributed by atoms with van der Waals surface area (Å²) in [5.74, 6) is 0.534. The molecular formula is C18H27NO2.